The number of halogens is 1. The zero-order valence-electron chi connectivity index (χ0n) is 13.1. The second kappa shape index (κ2) is 7.39. The molecule has 7 heteroatoms. The lowest BCUT2D eigenvalue weighted by molar-refractivity contribution is -0.136. The standard InChI is InChI=1S/C18H15FN4O2/c19-14-4-6-15(7-5-14)22-18(25)17(24)21-11-13-2-1-3-16(10-13)23-9-8-20-12-23/h1-10,12H,11H2,(H,21,24)(H,22,25). The first kappa shape index (κ1) is 16.4. The molecule has 0 unspecified atom stereocenters. The summed E-state index contributed by atoms with van der Waals surface area (Å²) in [5.41, 5.74) is 2.10. The summed E-state index contributed by atoms with van der Waals surface area (Å²) in [5, 5.41) is 4.96. The molecule has 3 rings (SSSR count). The number of nitrogens with zero attached hydrogens (tertiary/aromatic N) is 2. The Kier molecular flexibility index (Phi) is 4.84. The summed E-state index contributed by atoms with van der Waals surface area (Å²) in [6.45, 7) is 0.207. The molecule has 0 spiro atoms. The van der Waals surface area contributed by atoms with Crippen molar-refractivity contribution in [3.8, 4) is 5.69 Å². The number of hydrogen-bond acceptors (Lipinski definition) is 3. The molecule has 2 amide bonds. The van der Waals surface area contributed by atoms with Gasteiger partial charge in [-0.3, -0.25) is 9.59 Å². The molecule has 1 aromatic heterocycles. The molecule has 0 aliphatic rings. The predicted molar refractivity (Wildman–Crippen MR) is 90.4 cm³/mol. The molecule has 1 heterocycles. The Labute approximate surface area is 143 Å². The van der Waals surface area contributed by atoms with Crippen LogP contribution in [0.3, 0.4) is 0 Å². The molecule has 0 aliphatic carbocycles. The SMILES string of the molecule is O=C(NCc1cccc(-n2ccnc2)c1)C(=O)Nc1ccc(F)cc1. The number of imidazole rings is 1. The van der Waals surface area contributed by atoms with Gasteiger partial charge in [-0.05, 0) is 42.0 Å². The summed E-state index contributed by atoms with van der Waals surface area (Å²) in [4.78, 5) is 27.7. The maximum Gasteiger partial charge on any atom is 0.313 e. The minimum Gasteiger partial charge on any atom is -0.344 e. The lowest BCUT2D eigenvalue weighted by Gasteiger charge is -2.08. The van der Waals surface area contributed by atoms with Gasteiger partial charge in [-0.15, -0.1) is 0 Å². The van der Waals surface area contributed by atoms with E-state index in [1.807, 2.05) is 35.0 Å². The van der Waals surface area contributed by atoms with Gasteiger partial charge in [-0.2, -0.15) is 0 Å². The topological polar surface area (TPSA) is 76.0 Å². The normalized spacial score (nSPS) is 10.3. The summed E-state index contributed by atoms with van der Waals surface area (Å²) in [5.74, 6) is -1.99. The number of carbonyl (C=O) groups excluding carboxylic acids is 2. The highest BCUT2D eigenvalue weighted by Gasteiger charge is 2.13. The van der Waals surface area contributed by atoms with E-state index in [2.05, 4.69) is 15.6 Å². The summed E-state index contributed by atoms with van der Waals surface area (Å²) in [7, 11) is 0. The molecule has 0 fully saturated rings. The summed E-state index contributed by atoms with van der Waals surface area (Å²) >= 11 is 0. The molecule has 0 saturated heterocycles. The molecule has 0 aliphatic heterocycles. The van der Waals surface area contributed by atoms with E-state index in [9.17, 15) is 14.0 Å². The Morgan fingerprint density at radius 3 is 2.60 bits per heavy atom. The number of rotatable bonds is 4. The molecule has 2 N–H and O–H groups in total. The first-order valence-electron chi connectivity index (χ1n) is 7.54. The highest BCUT2D eigenvalue weighted by Crippen LogP contribution is 2.10. The van der Waals surface area contributed by atoms with Crippen molar-refractivity contribution < 1.29 is 14.0 Å². The molecule has 3 aromatic rings. The Morgan fingerprint density at radius 2 is 1.88 bits per heavy atom. The maximum absolute atomic E-state index is 12.8. The number of hydrogen-bond donors (Lipinski definition) is 2. The minimum absolute atomic E-state index is 0.207. The highest BCUT2D eigenvalue weighted by atomic mass is 19.1. The van der Waals surface area contributed by atoms with E-state index in [-0.39, 0.29) is 6.54 Å². The predicted octanol–water partition coefficient (Wildman–Crippen LogP) is 2.27. The zero-order valence-corrected chi connectivity index (χ0v) is 13.1. The quantitative estimate of drug-likeness (QED) is 0.717. The first-order valence-corrected chi connectivity index (χ1v) is 7.54. The molecular formula is C18H15FN4O2. The fourth-order valence-electron chi connectivity index (χ4n) is 2.22. The van der Waals surface area contributed by atoms with Crippen molar-refractivity contribution in [2.75, 3.05) is 5.32 Å². The minimum atomic E-state index is -0.808. The van der Waals surface area contributed by atoms with Crippen LogP contribution in [0.25, 0.3) is 5.69 Å². The number of aromatic nitrogens is 2. The summed E-state index contributed by atoms with van der Waals surface area (Å²) < 4.78 is 14.7. The monoisotopic (exact) mass is 338 g/mol. The van der Waals surface area contributed by atoms with Crippen molar-refractivity contribution in [3.05, 3.63) is 78.6 Å². The summed E-state index contributed by atoms with van der Waals surface area (Å²) in [6, 6.07) is 12.7. The average molecular weight is 338 g/mol. The van der Waals surface area contributed by atoms with Gasteiger partial charge in [-0.1, -0.05) is 12.1 Å². The van der Waals surface area contributed by atoms with Crippen LogP contribution in [0.15, 0.2) is 67.3 Å². The van der Waals surface area contributed by atoms with E-state index in [0.29, 0.717) is 5.69 Å². The fraction of sp³-hybridized carbons (Fsp3) is 0.0556. The molecular weight excluding hydrogens is 323 g/mol. The van der Waals surface area contributed by atoms with Crippen molar-refractivity contribution in [2.24, 2.45) is 0 Å². The second-order valence-corrected chi connectivity index (χ2v) is 5.28. The van der Waals surface area contributed by atoms with E-state index in [0.717, 1.165) is 11.3 Å². The zero-order chi connectivity index (χ0) is 17.6. The van der Waals surface area contributed by atoms with Crippen LogP contribution in [0.1, 0.15) is 5.56 Å². The van der Waals surface area contributed by atoms with E-state index < -0.39 is 17.6 Å². The van der Waals surface area contributed by atoms with Crippen LogP contribution in [0, 0.1) is 5.82 Å². The maximum atomic E-state index is 12.8. The largest absolute Gasteiger partial charge is 0.344 e. The number of nitrogens with one attached hydrogen (secondary N) is 2. The third kappa shape index (κ3) is 4.29. The van der Waals surface area contributed by atoms with Crippen molar-refractivity contribution in [3.63, 3.8) is 0 Å². The molecule has 6 nitrogen and oxygen atoms in total. The number of benzene rings is 2. The third-order valence-electron chi connectivity index (χ3n) is 3.47. The van der Waals surface area contributed by atoms with Gasteiger partial charge in [0.2, 0.25) is 0 Å². The van der Waals surface area contributed by atoms with Gasteiger partial charge in [0.15, 0.2) is 0 Å². The van der Waals surface area contributed by atoms with Crippen molar-refractivity contribution in [2.45, 2.75) is 6.54 Å². The third-order valence-corrected chi connectivity index (χ3v) is 3.47. The first-order chi connectivity index (χ1) is 12.1. The number of amides is 2. The molecule has 2 aromatic carbocycles. The van der Waals surface area contributed by atoms with Crippen LogP contribution in [0.4, 0.5) is 10.1 Å². The van der Waals surface area contributed by atoms with Gasteiger partial charge in [0.1, 0.15) is 5.82 Å². The van der Waals surface area contributed by atoms with Crippen molar-refractivity contribution in [1.29, 1.82) is 0 Å². The molecule has 25 heavy (non-hydrogen) atoms. The van der Waals surface area contributed by atoms with Crippen LogP contribution < -0.4 is 10.6 Å². The van der Waals surface area contributed by atoms with Crippen LogP contribution >= 0.6 is 0 Å². The molecule has 0 bridgehead atoms. The van der Waals surface area contributed by atoms with E-state index in [1.54, 1.807) is 12.5 Å². The van der Waals surface area contributed by atoms with Gasteiger partial charge in [0, 0.05) is 30.3 Å². The van der Waals surface area contributed by atoms with Crippen molar-refractivity contribution >= 4 is 17.5 Å². The smallest absolute Gasteiger partial charge is 0.313 e. The Bertz CT molecular complexity index is 876. The molecule has 0 saturated carbocycles. The van der Waals surface area contributed by atoms with Gasteiger partial charge in [0.05, 0.1) is 6.33 Å². The van der Waals surface area contributed by atoms with Gasteiger partial charge >= 0.3 is 11.8 Å². The fourth-order valence-corrected chi connectivity index (χ4v) is 2.22. The number of anilines is 1. The highest BCUT2D eigenvalue weighted by molar-refractivity contribution is 6.39. The van der Waals surface area contributed by atoms with Crippen LogP contribution in [0.2, 0.25) is 0 Å². The van der Waals surface area contributed by atoms with Gasteiger partial charge < -0.3 is 15.2 Å². The lowest BCUT2D eigenvalue weighted by Crippen LogP contribution is -2.34. The number of carbonyl (C=O) groups is 2. The van der Waals surface area contributed by atoms with Crippen LogP contribution in [0.5, 0.6) is 0 Å². The molecule has 126 valence electrons. The van der Waals surface area contributed by atoms with E-state index in [1.165, 1.54) is 24.3 Å². The Balaban J connectivity index is 1.57. The molecule has 0 atom stereocenters. The summed E-state index contributed by atoms with van der Waals surface area (Å²) in [6.07, 6.45) is 5.16. The van der Waals surface area contributed by atoms with Crippen LogP contribution in [-0.4, -0.2) is 21.4 Å². The average Bonchev–Trinajstić information content (AvgIpc) is 3.16. The lowest BCUT2D eigenvalue weighted by atomic mass is 10.2. The molecule has 0 radical (unpaired) electrons. The Hall–Kier alpha value is -3.48. The van der Waals surface area contributed by atoms with Gasteiger partial charge in [0.25, 0.3) is 0 Å². The van der Waals surface area contributed by atoms with E-state index >= 15 is 0 Å². The Morgan fingerprint density at radius 1 is 1.08 bits per heavy atom. The van der Waals surface area contributed by atoms with Gasteiger partial charge in [-0.25, -0.2) is 9.37 Å². The van der Waals surface area contributed by atoms with E-state index in [4.69, 9.17) is 0 Å². The van der Waals surface area contributed by atoms with Crippen molar-refractivity contribution in [1.82, 2.24) is 14.9 Å². The second-order valence-electron chi connectivity index (χ2n) is 5.28. The van der Waals surface area contributed by atoms with Crippen LogP contribution in [-0.2, 0) is 16.1 Å².